The Bertz CT molecular complexity index is 1180. The van der Waals surface area contributed by atoms with Crippen molar-refractivity contribution in [3.8, 4) is 0 Å². The highest BCUT2D eigenvalue weighted by atomic mass is 35.5. The standard InChI is InChI=1S/C21H15ClOS2/c1-12-7-8-13(2)18(11-12)24-17-10-9-15-20(23)14-5-3-4-6-16(14)25-21(15)19(17)22/h3-11H,1-2H3. The fourth-order valence-electron chi connectivity index (χ4n) is 2.83. The maximum atomic E-state index is 12.7. The molecule has 4 heteroatoms. The van der Waals surface area contributed by atoms with Crippen LogP contribution in [-0.2, 0) is 0 Å². The Balaban J connectivity index is 1.92. The Hall–Kier alpha value is -1.81. The molecule has 0 saturated heterocycles. The molecular formula is C21H15ClOS2. The molecule has 3 aromatic carbocycles. The first-order chi connectivity index (χ1) is 12.0. The highest BCUT2D eigenvalue weighted by Crippen LogP contribution is 2.40. The van der Waals surface area contributed by atoms with Gasteiger partial charge in [-0.05, 0) is 55.3 Å². The molecule has 0 unspecified atom stereocenters. The lowest BCUT2D eigenvalue weighted by atomic mass is 10.2. The van der Waals surface area contributed by atoms with E-state index in [0.29, 0.717) is 10.4 Å². The minimum absolute atomic E-state index is 0.0505. The third-order valence-electron chi connectivity index (χ3n) is 4.21. The predicted molar refractivity (Wildman–Crippen MR) is 111 cm³/mol. The van der Waals surface area contributed by atoms with Crippen molar-refractivity contribution < 1.29 is 0 Å². The zero-order valence-electron chi connectivity index (χ0n) is 13.8. The van der Waals surface area contributed by atoms with Crippen LogP contribution >= 0.6 is 34.7 Å². The topological polar surface area (TPSA) is 17.1 Å². The summed E-state index contributed by atoms with van der Waals surface area (Å²) in [4.78, 5) is 14.9. The molecule has 25 heavy (non-hydrogen) atoms. The van der Waals surface area contributed by atoms with Crippen LogP contribution in [0.25, 0.3) is 20.2 Å². The minimum atomic E-state index is 0.0505. The summed E-state index contributed by atoms with van der Waals surface area (Å²) in [6.45, 7) is 4.19. The predicted octanol–water partition coefficient (Wildman–Crippen LogP) is 6.84. The van der Waals surface area contributed by atoms with Crippen molar-refractivity contribution >= 4 is 54.9 Å². The van der Waals surface area contributed by atoms with Crippen LogP contribution in [0.2, 0.25) is 5.02 Å². The SMILES string of the molecule is Cc1ccc(C)c(Sc2ccc3c(=O)c4ccccc4sc3c2Cl)c1. The van der Waals surface area contributed by atoms with Crippen LogP contribution in [0.1, 0.15) is 11.1 Å². The lowest BCUT2D eigenvalue weighted by Gasteiger charge is -2.10. The summed E-state index contributed by atoms with van der Waals surface area (Å²) in [6.07, 6.45) is 0. The van der Waals surface area contributed by atoms with Crippen molar-refractivity contribution in [2.75, 3.05) is 0 Å². The highest BCUT2D eigenvalue weighted by molar-refractivity contribution is 7.99. The van der Waals surface area contributed by atoms with Gasteiger partial charge in [-0.15, -0.1) is 11.3 Å². The molecule has 0 amide bonds. The van der Waals surface area contributed by atoms with Crippen LogP contribution in [0, 0.1) is 13.8 Å². The van der Waals surface area contributed by atoms with Crippen molar-refractivity contribution in [2.24, 2.45) is 0 Å². The summed E-state index contributed by atoms with van der Waals surface area (Å²) in [5.74, 6) is 0. The van der Waals surface area contributed by atoms with Gasteiger partial charge < -0.3 is 0 Å². The Kier molecular flexibility index (Phi) is 4.32. The first-order valence-corrected chi connectivity index (χ1v) is 9.95. The molecule has 4 aromatic rings. The summed E-state index contributed by atoms with van der Waals surface area (Å²) in [7, 11) is 0. The molecule has 0 aliphatic heterocycles. The molecule has 0 bridgehead atoms. The van der Waals surface area contributed by atoms with Crippen LogP contribution in [0.3, 0.4) is 0 Å². The molecule has 0 fully saturated rings. The number of rotatable bonds is 2. The fourth-order valence-corrected chi connectivity index (χ4v) is 5.44. The van der Waals surface area contributed by atoms with E-state index >= 15 is 0 Å². The molecule has 0 atom stereocenters. The summed E-state index contributed by atoms with van der Waals surface area (Å²) in [5.41, 5.74) is 2.49. The molecule has 124 valence electrons. The van der Waals surface area contributed by atoms with E-state index in [0.717, 1.165) is 19.7 Å². The lowest BCUT2D eigenvalue weighted by molar-refractivity contribution is 1.26. The zero-order chi connectivity index (χ0) is 17.6. The van der Waals surface area contributed by atoms with Crippen molar-refractivity contribution in [3.05, 3.63) is 81.0 Å². The van der Waals surface area contributed by atoms with Gasteiger partial charge in [0.15, 0.2) is 5.43 Å². The number of fused-ring (bicyclic) bond motifs is 2. The van der Waals surface area contributed by atoms with Gasteiger partial charge in [-0.2, -0.15) is 0 Å². The molecule has 4 rings (SSSR count). The quantitative estimate of drug-likeness (QED) is 0.353. The lowest BCUT2D eigenvalue weighted by Crippen LogP contribution is -2.01. The van der Waals surface area contributed by atoms with Gasteiger partial charge in [-0.25, -0.2) is 0 Å². The van der Waals surface area contributed by atoms with Gasteiger partial charge in [0, 0.05) is 25.3 Å². The summed E-state index contributed by atoms with van der Waals surface area (Å²) in [6, 6.07) is 18.0. The molecule has 0 saturated carbocycles. The Morgan fingerprint density at radius 2 is 1.72 bits per heavy atom. The van der Waals surface area contributed by atoms with Crippen LogP contribution in [0.5, 0.6) is 0 Å². The van der Waals surface area contributed by atoms with Gasteiger partial charge in [0.25, 0.3) is 0 Å². The maximum Gasteiger partial charge on any atom is 0.195 e. The van der Waals surface area contributed by atoms with Crippen molar-refractivity contribution in [3.63, 3.8) is 0 Å². The van der Waals surface area contributed by atoms with E-state index in [9.17, 15) is 4.79 Å². The third-order valence-corrected chi connectivity index (χ3v) is 7.25. The number of hydrogen-bond acceptors (Lipinski definition) is 3. The fraction of sp³-hybridized carbons (Fsp3) is 0.0952. The van der Waals surface area contributed by atoms with E-state index in [1.54, 1.807) is 23.1 Å². The summed E-state index contributed by atoms with van der Waals surface area (Å²) < 4.78 is 1.83. The van der Waals surface area contributed by atoms with Crippen LogP contribution < -0.4 is 5.43 Å². The smallest absolute Gasteiger partial charge is 0.195 e. The summed E-state index contributed by atoms with van der Waals surface area (Å²) >= 11 is 9.94. The molecular weight excluding hydrogens is 368 g/mol. The molecule has 1 heterocycles. The minimum Gasteiger partial charge on any atom is -0.289 e. The number of aryl methyl sites for hydroxylation is 2. The monoisotopic (exact) mass is 382 g/mol. The van der Waals surface area contributed by atoms with Gasteiger partial charge in [0.1, 0.15) is 0 Å². The number of benzene rings is 3. The molecule has 0 aliphatic carbocycles. The van der Waals surface area contributed by atoms with Gasteiger partial charge in [0.2, 0.25) is 0 Å². The Labute approximate surface area is 159 Å². The van der Waals surface area contributed by atoms with Gasteiger partial charge in [0.05, 0.1) is 9.72 Å². The second kappa shape index (κ2) is 6.49. The number of hydrogen-bond donors (Lipinski definition) is 0. The zero-order valence-corrected chi connectivity index (χ0v) is 16.2. The van der Waals surface area contributed by atoms with E-state index in [1.807, 2.05) is 36.4 Å². The van der Waals surface area contributed by atoms with E-state index in [1.165, 1.54) is 16.0 Å². The Morgan fingerprint density at radius 3 is 2.56 bits per heavy atom. The Morgan fingerprint density at radius 1 is 0.920 bits per heavy atom. The second-order valence-corrected chi connectivity index (χ2v) is 8.57. The van der Waals surface area contributed by atoms with Gasteiger partial charge >= 0.3 is 0 Å². The summed E-state index contributed by atoms with van der Waals surface area (Å²) in [5, 5.41) is 2.11. The molecule has 0 aliphatic rings. The largest absolute Gasteiger partial charge is 0.289 e. The van der Waals surface area contributed by atoms with Crippen LogP contribution in [0.4, 0.5) is 0 Å². The second-order valence-electron chi connectivity index (χ2n) is 6.05. The molecule has 1 aromatic heterocycles. The van der Waals surface area contributed by atoms with Crippen molar-refractivity contribution in [2.45, 2.75) is 23.6 Å². The number of halogens is 1. The molecule has 0 N–H and O–H groups in total. The van der Waals surface area contributed by atoms with E-state index in [2.05, 4.69) is 32.0 Å². The highest BCUT2D eigenvalue weighted by Gasteiger charge is 2.13. The van der Waals surface area contributed by atoms with E-state index < -0.39 is 0 Å². The molecule has 0 radical (unpaired) electrons. The van der Waals surface area contributed by atoms with Crippen molar-refractivity contribution in [1.82, 2.24) is 0 Å². The maximum absolute atomic E-state index is 12.7. The normalized spacial score (nSPS) is 11.3. The van der Waals surface area contributed by atoms with Crippen molar-refractivity contribution in [1.29, 1.82) is 0 Å². The van der Waals surface area contributed by atoms with Crippen LogP contribution in [0.15, 0.2) is 69.2 Å². The average Bonchev–Trinajstić information content (AvgIpc) is 2.61. The van der Waals surface area contributed by atoms with Gasteiger partial charge in [-0.1, -0.05) is 47.6 Å². The van der Waals surface area contributed by atoms with Crippen LogP contribution in [-0.4, -0.2) is 0 Å². The molecule has 1 nitrogen and oxygen atoms in total. The van der Waals surface area contributed by atoms with Gasteiger partial charge in [-0.3, -0.25) is 4.79 Å². The third kappa shape index (κ3) is 2.97. The first kappa shape index (κ1) is 16.6. The van der Waals surface area contributed by atoms with E-state index in [-0.39, 0.29) is 5.43 Å². The van der Waals surface area contributed by atoms with E-state index in [4.69, 9.17) is 11.6 Å². The first-order valence-electron chi connectivity index (χ1n) is 7.94. The molecule has 0 spiro atoms. The average molecular weight is 383 g/mol.